The predicted molar refractivity (Wildman–Crippen MR) is 128 cm³/mol. The SMILES string of the molecule is CC(C)c1ccc2c(c1)OCCC1(CCN(CC3CC3)CC1)NC(=O)[C@@H]1C[C@@H](O)CN1S2(=O)=O. The summed E-state index contributed by atoms with van der Waals surface area (Å²) in [5.74, 6) is 1.08. The van der Waals surface area contributed by atoms with Crippen LogP contribution >= 0.6 is 0 Å². The third-order valence-electron chi connectivity index (χ3n) is 8.01. The van der Waals surface area contributed by atoms with E-state index >= 15 is 0 Å². The molecule has 1 aliphatic carbocycles. The minimum absolute atomic E-state index is 0.0685. The van der Waals surface area contributed by atoms with Crippen molar-refractivity contribution in [3.05, 3.63) is 23.8 Å². The Kier molecular flexibility index (Phi) is 6.42. The Bertz CT molecular complexity index is 1030. The number of aliphatic hydroxyl groups excluding tert-OH is 1. The molecule has 1 amide bonds. The fraction of sp³-hybridized carbons (Fsp3) is 0.720. The van der Waals surface area contributed by atoms with Gasteiger partial charge in [0.05, 0.1) is 12.7 Å². The lowest BCUT2D eigenvalue weighted by Crippen LogP contribution is -2.59. The number of carbonyl (C=O) groups excluding carboxylic acids is 1. The molecule has 8 nitrogen and oxygen atoms in total. The van der Waals surface area contributed by atoms with Crippen LogP contribution in [0.3, 0.4) is 0 Å². The van der Waals surface area contributed by atoms with Crippen molar-refractivity contribution in [1.29, 1.82) is 0 Å². The summed E-state index contributed by atoms with van der Waals surface area (Å²) in [7, 11) is -4.02. The van der Waals surface area contributed by atoms with Gasteiger partial charge in [-0.05, 0) is 55.2 Å². The van der Waals surface area contributed by atoms with Gasteiger partial charge >= 0.3 is 0 Å². The minimum atomic E-state index is -4.02. The molecule has 1 aromatic rings. The van der Waals surface area contributed by atoms with Crippen molar-refractivity contribution in [3.8, 4) is 5.75 Å². The maximum Gasteiger partial charge on any atom is 0.247 e. The lowest BCUT2D eigenvalue weighted by atomic mass is 9.84. The smallest absolute Gasteiger partial charge is 0.247 e. The second kappa shape index (κ2) is 9.08. The van der Waals surface area contributed by atoms with E-state index < -0.39 is 27.7 Å². The molecule has 3 fully saturated rings. The predicted octanol–water partition coefficient (Wildman–Crippen LogP) is 2.08. The molecule has 5 rings (SSSR count). The molecule has 1 aromatic carbocycles. The van der Waals surface area contributed by atoms with Gasteiger partial charge in [-0.15, -0.1) is 0 Å². The molecule has 4 aliphatic rings. The van der Waals surface area contributed by atoms with Crippen LogP contribution < -0.4 is 10.1 Å². The molecule has 3 aliphatic heterocycles. The molecule has 1 spiro atoms. The number of rotatable bonds is 3. The number of likely N-dealkylation sites (tertiary alicyclic amines) is 1. The first-order chi connectivity index (χ1) is 16.2. The van der Waals surface area contributed by atoms with Gasteiger partial charge in [-0.25, -0.2) is 8.42 Å². The molecule has 34 heavy (non-hydrogen) atoms. The maximum atomic E-state index is 13.7. The number of fused-ring (bicyclic) bond motifs is 2. The highest BCUT2D eigenvalue weighted by Gasteiger charge is 2.47. The number of aliphatic hydroxyl groups is 1. The van der Waals surface area contributed by atoms with Crippen molar-refractivity contribution in [2.24, 2.45) is 5.92 Å². The van der Waals surface area contributed by atoms with Gasteiger partial charge in [-0.2, -0.15) is 4.31 Å². The summed E-state index contributed by atoms with van der Waals surface area (Å²) in [6, 6.07) is 4.29. The second-order valence-corrected chi connectivity index (χ2v) is 12.8. The largest absolute Gasteiger partial charge is 0.492 e. The summed E-state index contributed by atoms with van der Waals surface area (Å²) < 4.78 is 34.7. The van der Waals surface area contributed by atoms with Crippen LogP contribution in [0.15, 0.2) is 23.1 Å². The molecular weight excluding hydrogens is 454 g/mol. The highest BCUT2D eigenvalue weighted by Crippen LogP contribution is 2.37. The van der Waals surface area contributed by atoms with E-state index in [4.69, 9.17) is 4.74 Å². The summed E-state index contributed by atoms with van der Waals surface area (Å²) in [6.45, 7) is 7.32. The first-order valence-electron chi connectivity index (χ1n) is 12.7. The molecule has 3 heterocycles. The summed E-state index contributed by atoms with van der Waals surface area (Å²) in [4.78, 5) is 16.0. The Morgan fingerprint density at radius 3 is 2.62 bits per heavy atom. The van der Waals surface area contributed by atoms with Crippen LogP contribution in [0.1, 0.15) is 63.9 Å². The van der Waals surface area contributed by atoms with E-state index in [-0.39, 0.29) is 29.7 Å². The number of ether oxygens (including phenoxy) is 1. The molecule has 188 valence electrons. The number of benzene rings is 1. The van der Waals surface area contributed by atoms with Crippen molar-refractivity contribution in [2.75, 3.05) is 32.8 Å². The van der Waals surface area contributed by atoms with E-state index in [1.165, 1.54) is 17.1 Å². The van der Waals surface area contributed by atoms with Gasteiger partial charge in [0.15, 0.2) is 0 Å². The van der Waals surface area contributed by atoms with E-state index in [1.807, 2.05) is 12.1 Å². The van der Waals surface area contributed by atoms with Crippen molar-refractivity contribution >= 4 is 15.9 Å². The molecule has 0 aromatic heterocycles. The zero-order chi connectivity index (χ0) is 24.1. The van der Waals surface area contributed by atoms with E-state index in [1.54, 1.807) is 6.07 Å². The number of sulfonamides is 1. The fourth-order valence-electron chi connectivity index (χ4n) is 5.59. The molecule has 2 N–H and O–H groups in total. The molecule has 0 unspecified atom stereocenters. The van der Waals surface area contributed by atoms with Crippen LogP contribution in [0.25, 0.3) is 0 Å². The average molecular weight is 492 g/mol. The molecule has 0 radical (unpaired) electrons. The van der Waals surface area contributed by atoms with Gasteiger partial charge in [0.25, 0.3) is 0 Å². The van der Waals surface area contributed by atoms with Crippen molar-refractivity contribution in [1.82, 2.24) is 14.5 Å². The van der Waals surface area contributed by atoms with E-state index in [0.29, 0.717) is 18.8 Å². The van der Waals surface area contributed by atoms with Crippen LogP contribution in [-0.4, -0.2) is 79.1 Å². The minimum Gasteiger partial charge on any atom is -0.492 e. The average Bonchev–Trinajstić information content (AvgIpc) is 3.52. The van der Waals surface area contributed by atoms with Crippen LogP contribution in [0.4, 0.5) is 0 Å². The molecule has 2 saturated heterocycles. The van der Waals surface area contributed by atoms with Gasteiger partial charge in [-0.3, -0.25) is 4.79 Å². The molecule has 2 atom stereocenters. The summed E-state index contributed by atoms with van der Waals surface area (Å²) >= 11 is 0. The van der Waals surface area contributed by atoms with E-state index in [2.05, 4.69) is 24.1 Å². The third kappa shape index (κ3) is 4.72. The quantitative estimate of drug-likeness (QED) is 0.672. The second-order valence-electron chi connectivity index (χ2n) is 11.0. The number of hydrogen-bond donors (Lipinski definition) is 2. The zero-order valence-electron chi connectivity index (χ0n) is 20.2. The monoisotopic (exact) mass is 491 g/mol. The lowest BCUT2D eigenvalue weighted by molar-refractivity contribution is -0.127. The Morgan fingerprint density at radius 1 is 1.21 bits per heavy atom. The summed E-state index contributed by atoms with van der Waals surface area (Å²) in [5.41, 5.74) is 0.569. The number of nitrogens with zero attached hydrogens (tertiary/aromatic N) is 2. The normalized spacial score (nSPS) is 29.7. The fourth-order valence-corrected chi connectivity index (χ4v) is 7.34. The number of nitrogens with one attached hydrogen (secondary N) is 1. The van der Waals surface area contributed by atoms with Gasteiger partial charge in [0.1, 0.15) is 16.7 Å². The van der Waals surface area contributed by atoms with E-state index in [9.17, 15) is 18.3 Å². The molecular formula is C25H37N3O5S. The standard InChI is InChI=1S/C25H37N3O5S/c1-17(2)19-5-6-23-22(13-19)33-12-9-25(7-10-27(11-8-25)15-18-3-4-18)26-24(30)21-14-20(29)16-28(21)34(23,31)32/h5-6,13,17-18,20-21,29H,3-4,7-12,14-16H2,1-2H3,(H,26,30)/t20-,21+/m1/s1. The topological polar surface area (TPSA) is 99.2 Å². The van der Waals surface area contributed by atoms with Crippen LogP contribution in [-0.2, 0) is 14.8 Å². The highest BCUT2D eigenvalue weighted by atomic mass is 32.2. The zero-order valence-corrected chi connectivity index (χ0v) is 21.0. The first kappa shape index (κ1) is 24.0. The van der Waals surface area contributed by atoms with Crippen molar-refractivity contribution < 1.29 is 23.1 Å². The Balaban J connectivity index is 1.47. The third-order valence-corrected chi connectivity index (χ3v) is 9.92. The Labute approximate surface area is 202 Å². The molecule has 9 heteroatoms. The number of piperidine rings is 1. The lowest BCUT2D eigenvalue weighted by Gasteiger charge is -2.43. The number of amides is 1. The highest BCUT2D eigenvalue weighted by molar-refractivity contribution is 7.89. The molecule has 0 bridgehead atoms. The van der Waals surface area contributed by atoms with Crippen LogP contribution in [0.2, 0.25) is 0 Å². The summed E-state index contributed by atoms with van der Waals surface area (Å²) in [6.07, 6.45) is 4.12. The summed E-state index contributed by atoms with van der Waals surface area (Å²) in [5, 5.41) is 13.6. The number of hydrogen-bond acceptors (Lipinski definition) is 6. The Hall–Kier alpha value is -1.68. The van der Waals surface area contributed by atoms with Crippen LogP contribution in [0, 0.1) is 5.92 Å². The van der Waals surface area contributed by atoms with Gasteiger partial charge in [-0.1, -0.05) is 19.9 Å². The van der Waals surface area contributed by atoms with Gasteiger partial charge < -0.3 is 20.1 Å². The van der Waals surface area contributed by atoms with E-state index in [0.717, 1.165) is 44.0 Å². The first-order valence-corrected chi connectivity index (χ1v) is 14.1. The molecule has 1 saturated carbocycles. The van der Waals surface area contributed by atoms with Crippen molar-refractivity contribution in [3.63, 3.8) is 0 Å². The van der Waals surface area contributed by atoms with Gasteiger partial charge in [0, 0.05) is 44.6 Å². The number of carbonyl (C=O) groups is 1. The van der Waals surface area contributed by atoms with Crippen molar-refractivity contribution in [2.45, 2.75) is 80.9 Å². The van der Waals surface area contributed by atoms with Crippen LogP contribution in [0.5, 0.6) is 5.75 Å². The van der Waals surface area contributed by atoms with Gasteiger partial charge in [0.2, 0.25) is 15.9 Å². The Morgan fingerprint density at radius 2 is 1.94 bits per heavy atom. The maximum absolute atomic E-state index is 13.7.